The molecular formula is C14H28ClN3O3. The molecular weight excluding hydrogens is 294 g/mol. The number of hydrogen-bond acceptors (Lipinski definition) is 4. The van der Waals surface area contributed by atoms with Crippen LogP contribution in [-0.2, 0) is 14.3 Å². The summed E-state index contributed by atoms with van der Waals surface area (Å²) in [5, 5.41) is 6.05. The molecule has 1 aliphatic heterocycles. The van der Waals surface area contributed by atoms with Crippen molar-refractivity contribution in [2.24, 2.45) is 5.41 Å². The van der Waals surface area contributed by atoms with Crippen LogP contribution in [0.4, 0.5) is 0 Å². The number of likely N-dealkylation sites (N-methyl/N-ethyl adjacent to an activating group) is 1. The molecule has 1 heterocycles. The summed E-state index contributed by atoms with van der Waals surface area (Å²) in [6.07, 6.45) is 1.49. The largest absolute Gasteiger partial charge is 0.384 e. The number of hydrogen-bond donors (Lipinski definition) is 2. The first-order valence-electron chi connectivity index (χ1n) is 7.16. The molecule has 0 unspecified atom stereocenters. The standard InChI is InChI=1S/C14H27N3O3.ClH/c1-11(2)16-12(18)9-17(3)13(19)14(10-20-4)5-7-15-8-6-14;/h11,15H,5-10H2,1-4H3,(H,16,18);1H. The highest BCUT2D eigenvalue weighted by Crippen LogP contribution is 2.31. The summed E-state index contributed by atoms with van der Waals surface area (Å²) in [5.41, 5.74) is -0.493. The molecule has 1 fully saturated rings. The van der Waals surface area contributed by atoms with Gasteiger partial charge in [0.1, 0.15) is 0 Å². The molecule has 1 rings (SSSR count). The van der Waals surface area contributed by atoms with E-state index in [1.807, 2.05) is 13.8 Å². The van der Waals surface area contributed by atoms with Crippen LogP contribution < -0.4 is 10.6 Å². The maximum atomic E-state index is 12.7. The van der Waals surface area contributed by atoms with Crippen molar-refractivity contribution >= 4 is 24.2 Å². The molecule has 0 aromatic heterocycles. The second-order valence-electron chi connectivity index (χ2n) is 5.85. The average molecular weight is 322 g/mol. The third-order valence-electron chi connectivity index (χ3n) is 3.61. The molecule has 2 N–H and O–H groups in total. The minimum absolute atomic E-state index is 0. The van der Waals surface area contributed by atoms with Gasteiger partial charge >= 0.3 is 0 Å². The van der Waals surface area contributed by atoms with E-state index in [9.17, 15) is 9.59 Å². The molecule has 7 heteroatoms. The Kier molecular flexibility index (Phi) is 8.85. The third kappa shape index (κ3) is 5.80. The van der Waals surface area contributed by atoms with E-state index in [2.05, 4.69) is 10.6 Å². The lowest BCUT2D eigenvalue weighted by molar-refractivity contribution is -0.148. The van der Waals surface area contributed by atoms with Crippen LogP contribution in [0.1, 0.15) is 26.7 Å². The van der Waals surface area contributed by atoms with Gasteiger partial charge in [-0.05, 0) is 39.8 Å². The number of rotatable bonds is 6. The van der Waals surface area contributed by atoms with Gasteiger partial charge in [-0.1, -0.05) is 0 Å². The Morgan fingerprint density at radius 1 is 1.33 bits per heavy atom. The van der Waals surface area contributed by atoms with Crippen LogP contribution in [-0.4, -0.2) is 63.2 Å². The van der Waals surface area contributed by atoms with Crippen LogP contribution in [0.15, 0.2) is 0 Å². The quantitative estimate of drug-likeness (QED) is 0.743. The first kappa shape index (κ1) is 20.1. The van der Waals surface area contributed by atoms with Crippen LogP contribution >= 0.6 is 12.4 Å². The molecule has 124 valence electrons. The van der Waals surface area contributed by atoms with Crippen LogP contribution in [0.25, 0.3) is 0 Å². The van der Waals surface area contributed by atoms with Crippen molar-refractivity contribution in [1.29, 1.82) is 0 Å². The zero-order chi connectivity index (χ0) is 15.2. The SMILES string of the molecule is COCC1(C(=O)N(C)CC(=O)NC(C)C)CCNCC1.Cl. The maximum absolute atomic E-state index is 12.7. The molecule has 1 aliphatic rings. The van der Waals surface area contributed by atoms with Gasteiger partial charge in [-0.25, -0.2) is 0 Å². The molecule has 0 aromatic carbocycles. The molecule has 21 heavy (non-hydrogen) atoms. The second kappa shape index (κ2) is 9.23. The monoisotopic (exact) mass is 321 g/mol. The lowest BCUT2D eigenvalue weighted by Crippen LogP contribution is -2.52. The molecule has 0 spiro atoms. The van der Waals surface area contributed by atoms with Crippen molar-refractivity contribution in [2.45, 2.75) is 32.7 Å². The summed E-state index contributed by atoms with van der Waals surface area (Å²) in [4.78, 5) is 26.0. The van der Waals surface area contributed by atoms with Crippen LogP contribution in [0, 0.1) is 5.41 Å². The van der Waals surface area contributed by atoms with E-state index in [4.69, 9.17) is 4.74 Å². The van der Waals surface area contributed by atoms with E-state index in [1.165, 1.54) is 4.90 Å². The zero-order valence-corrected chi connectivity index (χ0v) is 14.2. The highest BCUT2D eigenvalue weighted by molar-refractivity contribution is 5.88. The van der Waals surface area contributed by atoms with Gasteiger partial charge in [-0.2, -0.15) is 0 Å². The summed E-state index contributed by atoms with van der Waals surface area (Å²) in [7, 11) is 3.30. The molecule has 6 nitrogen and oxygen atoms in total. The molecule has 0 atom stereocenters. The first-order valence-corrected chi connectivity index (χ1v) is 7.16. The highest BCUT2D eigenvalue weighted by atomic mass is 35.5. The Labute approximate surface area is 133 Å². The van der Waals surface area contributed by atoms with Crippen molar-refractivity contribution in [3.8, 4) is 0 Å². The lowest BCUT2D eigenvalue weighted by atomic mass is 9.78. The summed E-state index contributed by atoms with van der Waals surface area (Å²) in [6.45, 7) is 5.92. The van der Waals surface area contributed by atoms with E-state index < -0.39 is 5.41 Å². The van der Waals surface area contributed by atoms with Gasteiger partial charge in [0.05, 0.1) is 18.6 Å². The van der Waals surface area contributed by atoms with Crippen LogP contribution in [0.2, 0.25) is 0 Å². The summed E-state index contributed by atoms with van der Waals surface area (Å²) >= 11 is 0. The Balaban J connectivity index is 0.00000400. The Morgan fingerprint density at radius 2 is 1.90 bits per heavy atom. The number of amides is 2. The predicted octanol–water partition coefficient (Wildman–Crippen LogP) is 0.407. The smallest absolute Gasteiger partial charge is 0.239 e. The topological polar surface area (TPSA) is 70.7 Å². The van der Waals surface area contributed by atoms with Crippen molar-refractivity contribution in [3.05, 3.63) is 0 Å². The molecule has 0 bridgehead atoms. The number of halogens is 1. The molecule has 0 aromatic rings. The fourth-order valence-corrected chi connectivity index (χ4v) is 2.66. The molecule has 0 aliphatic carbocycles. The number of ether oxygens (including phenoxy) is 1. The van der Waals surface area contributed by atoms with Gasteiger partial charge in [0.2, 0.25) is 11.8 Å². The van der Waals surface area contributed by atoms with Gasteiger partial charge in [0, 0.05) is 20.2 Å². The fourth-order valence-electron chi connectivity index (χ4n) is 2.66. The van der Waals surface area contributed by atoms with Crippen LogP contribution in [0.3, 0.4) is 0 Å². The number of methoxy groups -OCH3 is 1. The third-order valence-corrected chi connectivity index (χ3v) is 3.61. The minimum Gasteiger partial charge on any atom is -0.384 e. The number of carbonyl (C=O) groups excluding carboxylic acids is 2. The molecule has 1 saturated heterocycles. The summed E-state index contributed by atoms with van der Waals surface area (Å²) in [6, 6.07) is 0.0813. The van der Waals surface area contributed by atoms with E-state index in [0.29, 0.717) is 6.61 Å². The predicted molar refractivity (Wildman–Crippen MR) is 84.6 cm³/mol. The summed E-state index contributed by atoms with van der Waals surface area (Å²) in [5.74, 6) is -0.128. The van der Waals surface area contributed by atoms with E-state index >= 15 is 0 Å². The van der Waals surface area contributed by atoms with Gasteiger partial charge in [-0.3, -0.25) is 9.59 Å². The molecule has 0 saturated carbocycles. The van der Waals surface area contributed by atoms with E-state index in [-0.39, 0.29) is 36.8 Å². The Hall–Kier alpha value is -0.850. The zero-order valence-electron chi connectivity index (χ0n) is 13.4. The maximum Gasteiger partial charge on any atom is 0.239 e. The Morgan fingerprint density at radius 3 is 2.38 bits per heavy atom. The van der Waals surface area contributed by atoms with E-state index in [1.54, 1.807) is 14.2 Å². The van der Waals surface area contributed by atoms with Gasteiger partial charge in [0.15, 0.2) is 0 Å². The fraction of sp³-hybridized carbons (Fsp3) is 0.857. The van der Waals surface area contributed by atoms with Gasteiger partial charge in [0.25, 0.3) is 0 Å². The molecule has 0 radical (unpaired) electrons. The average Bonchev–Trinajstić information content (AvgIpc) is 2.38. The van der Waals surface area contributed by atoms with E-state index in [0.717, 1.165) is 25.9 Å². The van der Waals surface area contributed by atoms with Crippen molar-refractivity contribution in [1.82, 2.24) is 15.5 Å². The number of carbonyl (C=O) groups is 2. The number of nitrogens with one attached hydrogen (secondary N) is 2. The molecule has 2 amide bonds. The van der Waals surface area contributed by atoms with Crippen molar-refractivity contribution in [3.63, 3.8) is 0 Å². The minimum atomic E-state index is -0.493. The number of piperidine rings is 1. The van der Waals surface area contributed by atoms with Crippen molar-refractivity contribution in [2.75, 3.05) is 40.4 Å². The lowest BCUT2D eigenvalue weighted by Gasteiger charge is -2.38. The van der Waals surface area contributed by atoms with Gasteiger partial charge in [-0.15, -0.1) is 12.4 Å². The summed E-state index contributed by atoms with van der Waals surface area (Å²) < 4.78 is 5.25. The highest BCUT2D eigenvalue weighted by Gasteiger charge is 2.41. The van der Waals surface area contributed by atoms with Crippen molar-refractivity contribution < 1.29 is 14.3 Å². The normalized spacial score (nSPS) is 17.0. The first-order chi connectivity index (χ1) is 9.41. The number of nitrogens with zero attached hydrogens (tertiary/aromatic N) is 1. The van der Waals surface area contributed by atoms with Gasteiger partial charge < -0.3 is 20.3 Å². The second-order valence-corrected chi connectivity index (χ2v) is 5.85. The Bertz CT molecular complexity index is 339. The van der Waals surface area contributed by atoms with Crippen LogP contribution in [0.5, 0.6) is 0 Å².